The molecular formula is C13H9NO2. The van der Waals surface area contributed by atoms with Gasteiger partial charge in [0.15, 0.2) is 0 Å². The third-order valence-corrected chi connectivity index (χ3v) is 2.88. The molecule has 0 aromatic heterocycles. The second kappa shape index (κ2) is 3.17. The van der Waals surface area contributed by atoms with Gasteiger partial charge in [-0.25, -0.2) is 0 Å². The zero-order valence-corrected chi connectivity index (χ0v) is 8.49. The van der Waals surface area contributed by atoms with Crippen LogP contribution in [0.4, 0.5) is 0 Å². The van der Waals surface area contributed by atoms with E-state index in [1.165, 1.54) is 11.6 Å². The van der Waals surface area contributed by atoms with E-state index in [9.17, 15) is 9.59 Å². The van der Waals surface area contributed by atoms with Crippen LogP contribution in [0.1, 0.15) is 11.1 Å². The SMILES string of the molecule is O=C1C=C(C2=CCc3ccccc32)C(=O)N1. The van der Waals surface area contributed by atoms with Crippen molar-refractivity contribution in [1.29, 1.82) is 0 Å². The summed E-state index contributed by atoms with van der Waals surface area (Å²) in [5.41, 5.74) is 3.61. The maximum atomic E-state index is 11.5. The molecule has 1 heterocycles. The molecule has 16 heavy (non-hydrogen) atoms. The predicted octanol–water partition coefficient (Wildman–Crippen LogP) is 1.21. The lowest BCUT2D eigenvalue weighted by molar-refractivity contribution is -0.123. The van der Waals surface area contributed by atoms with Crippen LogP contribution in [0, 0.1) is 0 Å². The number of rotatable bonds is 1. The molecule has 1 N–H and O–H groups in total. The number of benzene rings is 1. The van der Waals surface area contributed by atoms with Gasteiger partial charge in [0.1, 0.15) is 0 Å². The van der Waals surface area contributed by atoms with Crippen LogP contribution in [0.3, 0.4) is 0 Å². The van der Waals surface area contributed by atoms with E-state index in [0.29, 0.717) is 5.57 Å². The van der Waals surface area contributed by atoms with Crippen LogP contribution < -0.4 is 5.32 Å². The van der Waals surface area contributed by atoms with Crippen molar-refractivity contribution in [3.05, 3.63) is 53.1 Å². The van der Waals surface area contributed by atoms with Crippen molar-refractivity contribution in [1.82, 2.24) is 5.32 Å². The summed E-state index contributed by atoms with van der Waals surface area (Å²) in [7, 11) is 0. The van der Waals surface area contributed by atoms with Crippen LogP contribution in [-0.4, -0.2) is 11.8 Å². The quantitative estimate of drug-likeness (QED) is 0.710. The summed E-state index contributed by atoms with van der Waals surface area (Å²) in [5, 5.41) is 2.26. The summed E-state index contributed by atoms with van der Waals surface area (Å²) in [6, 6.07) is 7.93. The number of carbonyl (C=O) groups is 2. The molecule has 0 spiro atoms. The van der Waals surface area contributed by atoms with Crippen molar-refractivity contribution in [2.45, 2.75) is 6.42 Å². The first-order valence-electron chi connectivity index (χ1n) is 5.11. The van der Waals surface area contributed by atoms with Crippen molar-refractivity contribution >= 4 is 17.4 Å². The van der Waals surface area contributed by atoms with Crippen LogP contribution in [0.5, 0.6) is 0 Å². The Morgan fingerprint density at radius 3 is 2.62 bits per heavy atom. The Morgan fingerprint density at radius 1 is 1.06 bits per heavy atom. The molecule has 1 aliphatic carbocycles. The topological polar surface area (TPSA) is 46.2 Å². The molecule has 0 atom stereocenters. The van der Waals surface area contributed by atoms with Crippen molar-refractivity contribution in [2.24, 2.45) is 0 Å². The molecule has 1 aromatic rings. The number of fused-ring (bicyclic) bond motifs is 1. The van der Waals surface area contributed by atoms with Gasteiger partial charge in [-0.1, -0.05) is 30.3 Å². The van der Waals surface area contributed by atoms with Gasteiger partial charge in [-0.2, -0.15) is 0 Å². The fourth-order valence-electron chi connectivity index (χ4n) is 2.15. The van der Waals surface area contributed by atoms with Gasteiger partial charge < -0.3 is 0 Å². The Morgan fingerprint density at radius 2 is 1.88 bits per heavy atom. The van der Waals surface area contributed by atoms with Gasteiger partial charge in [0.2, 0.25) is 0 Å². The average Bonchev–Trinajstić information content (AvgIpc) is 2.81. The third-order valence-electron chi connectivity index (χ3n) is 2.88. The minimum atomic E-state index is -0.328. The van der Waals surface area contributed by atoms with Gasteiger partial charge >= 0.3 is 0 Å². The van der Waals surface area contributed by atoms with E-state index in [1.807, 2.05) is 30.3 Å². The minimum Gasteiger partial charge on any atom is -0.289 e. The van der Waals surface area contributed by atoms with Crippen molar-refractivity contribution in [3.8, 4) is 0 Å². The van der Waals surface area contributed by atoms with Crippen LogP contribution in [0.15, 0.2) is 42.0 Å². The van der Waals surface area contributed by atoms with E-state index >= 15 is 0 Å². The molecule has 0 unspecified atom stereocenters. The van der Waals surface area contributed by atoms with E-state index in [4.69, 9.17) is 0 Å². The molecule has 0 saturated heterocycles. The summed E-state index contributed by atoms with van der Waals surface area (Å²) >= 11 is 0. The monoisotopic (exact) mass is 211 g/mol. The maximum absolute atomic E-state index is 11.5. The summed E-state index contributed by atoms with van der Waals surface area (Å²) in [6.45, 7) is 0. The molecule has 2 amide bonds. The van der Waals surface area contributed by atoms with E-state index < -0.39 is 0 Å². The third kappa shape index (κ3) is 1.21. The highest BCUT2D eigenvalue weighted by atomic mass is 16.2. The molecule has 3 heteroatoms. The maximum Gasteiger partial charge on any atom is 0.258 e. The number of carbonyl (C=O) groups excluding carboxylic acids is 2. The summed E-state index contributed by atoms with van der Waals surface area (Å²) in [6.07, 6.45) is 4.19. The lowest BCUT2D eigenvalue weighted by Crippen LogP contribution is -2.22. The average molecular weight is 211 g/mol. The van der Waals surface area contributed by atoms with E-state index in [1.54, 1.807) is 0 Å². The van der Waals surface area contributed by atoms with Crippen molar-refractivity contribution < 1.29 is 9.59 Å². The van der Waals surface area contributed by atoms with Gasteiger partial charge in [0, 0.05) is 6.08 Å². The van der Waals surface area contributed by atoms with Gasteiger partial charge in [-0.15, -0.1) is 0 Å². The Balaban J connectivity index is 2.09. The number of allylic oxidation sites excluding steroid dienone is 1. The largest absolute Gasteiger partial charge is 0.289 e. The van der Waals surface area contributed by atoms with Crippen LogP contribution in [0.25, 0.3) is 5.57 Å². The minimum absolute atomic E-state index is 0.298. The molecule has 0 radical (unpaired) electrons. The second-order valence-corrected chi connectivity index (χ2v) is 3.86. The van der Waals surface area contributed by atoms with Crippen LogP contribution >= 0.6 is 0 Å². The lowest BCUT2D eigenvalue weighted by atomic mass is 9.99. The van der Waals surface area contributed by atoms with E-state index in [2.05, 4.69) is 5.32 Å². The Bertz CT molecular complexity index is 567. The first-order valence-corrected chi connectivity index (χ1v) is 5.11. The molecule has 0 fully saturated rings. The van der Waals surface area contributed by atoms with Gasteiger partial charge in [-0.3, -0.25) is 14.9 Å². The van der Waals surface area contributed by atoms with Crippen LogP contribution in [-0.2, 0) is 16.0 Å². The summed E-state index contributed by atoms with van der Waals surface area (Å²) < 4.78 is 0. The molecule has 2 aliphatic rings. The Hall–Kier alpha value is -2.16. The molecule has 1 aromatic carbocycles. The van der Waals surface area contributed by atoms with Crippen LogP contribution in [0.2, 0.25) is 0 Å². The smallest absolute Gasteiger partial charge is 0.258 e. The molecular weight excluding hydrogens is 202 g/mol. The van der Waals surface area contributed by atoms with Crippen molar-refractivity contribution in [2.75, 3.05) is 0 Å². The summed E-state index contributed by atoms with van der Waals surface area (Å²) in [4.78, 5) is 22.6. The summed E-state index contributed by atoms with van der Waals surface area (Å²) in [5.74, 6) is -0.627. The number of hydrogen-bond acceptors (Lipinski definition) is 2. The number of nitrogens with one attached hydrogen (secondary N) is 1. The number of amides is 2. The first kappa shape index (κ1) is 9.09. The number of hydrogen-bond donors (Lipinski definition) is 1. The lowest BCUT2D eigenvalue weighted by Gasteiger charge is -2.04. The first-order chi connectivity index (χ1) is 7.75. The molecule has 0 saturated carbocycles. The normalized spacial score (nSPS) is 18.0. The highest BCUT2D eigenvalue weighted by molar-refractivity contribution is 6.24. The van der Waals surface area contributed by atoms with Gasteiger partial charge in [-0.05, 0) is 23.1 Å². The Labute approximate surface area is 92.5 Å². The fraction of sp³-hybridized carbons (Fsp3) is 0.0769. The molecule has 3 rings (SSSR count). The zero-order valence-electron chi connectivity index (χ0n) is 8.49. The molecule has 78 valence electrons. The van der Waals surface area contributed by atoms with Gasteiger partial charge in [0.25, 0.3) is 11.8 Å². The molecule has 0 bridgehead atoms. The van der Waals surface area contributed by atoms with E-state index in [0.717, 1.165) is 17.6 Å². The van der Waals surface area contributed by atoms with E-state index in [-0.39, 0.29) is 11.8 Å². The van der Waals surface area contributed by atoms with Crippen molar-refractivity contribution in [3.63, 3.8) is 0 Å². The Kier molecular flexibility index (Phi) is 1.80. The second-order valence-electron chi connectivity index (χ2n) is 3.86. The highest BCUT2D eigenvalue weighted by Gasteiger charge is 2.27. The molecule has 1 aliphatic heterocycles. The standard InChI is InChI=1S/C13H9NO2/c15-12-7-11(13(16)14-12)10-6-5-8-3-1-2-4-9(8)10/h1-4,6-7H,5H2,(H,14,15,16). The number of imide groups is 1. The highest BCUT2D eigenvalue weighted by Crippen LogP contribution is 2.33. The van der Waals surface area contributed by atoms with Gasteiger partial charge in [0.05, 0.1) is 5.57 Å². The zero-order chi connectivity index (χ0) is 11.1. The predicted molar refractivity (Wildman–Crippen MR) is 59.4 cm³/mol. The fourth-order valence-corrected chi connectivity index (χ4v) is 2.15. The molecule has 3 nitrogen and oxygen atoms in total.